The van der Waals surface area contributed by atoms with E-state index in [1.807, 2.05) is 0 Å². The lowest BCUT2D eigenvalue weighted by Crippen LogP contribution is -2.11. The number of methoxy groups -OCH3 is 1. The Bertz CT molecular complexity index is 519. The smallest absolute Gasteiger partial charge is 0.339 e. The third-order valence-electron chi connectivity index (χ3n) is 2.21. The first kappa shape index (κ1) is 12.6. The Kier molecular flexibility index (Phi) is 3.74. The number of ether oxygens (including phenoxy) is 1. The molecule has 0 unspecified atom stereocenters. The largest absolute Gasteiger partial charge is 0.465 e. The maximum absolute atomic E-state index is 11.4. The molecule has 17 heavy (non-hydrogen) atoms. The van der Waals surface area contributed by atoms with E-state index in [2.05, 4.69) is 4.74 Å². The summed E-state index contributed by atoms with van der Waals surface area (Å²) in [5.41, 5.74) is 4.97. The van der Waals surface area contributed by atoms with Gasteiger partial charge in [0.05, 0.1) is 28.7 Å². The lowest BCUT2D eigenvalue weighted by Gasteiger charge is -2.06. The molecule has 88 valence electrons. The fraction of sp³-hybridized carbons (Fsp3) is 0.200. The van der Waals surface area contributed by atoms with Crippen LogP contribution in [-0.4, -0.2) is 18.0 Å². The molecule has 0 heterocycles. The topological polar surface area (TPSA) is 119 Å². The van der Waals surface area contributed by atoms with Gasteiger partial charge in [-0.1, -0.05) is 0 Å². The van der Waals surface area contributed by atoms with Gasteiger partial charge in [0.1, 0.15) is 6.07 Å². The number of carbonyl (C=O) groups is 1. The van der Waals surface area contributed by atoms with Gasteiger partial charge in [0.2, 0.25) is 0 Å². The quantitative estimate of drug-likeness (QED) is 0.468. The number of nitriles is 1. The monoisotopic (exact) mass is 235 g/mol. The highest BCUT2D eigenvalue weighted by atomic mass is 16.6. The molecule has 0 atom stereocenters. The number of hydrogen-bond acceptors (Lipinski definition) is 6. The molecule has 0 bridgehead atoms. The second kappa shape index (κ2) is 5.05. The molecule has 1 aromatic rings. The van der Waals surface area contributed by atoms with Crippen LogP contribution >= 0.6 is 0 Å². The van der Waals surface area contributed by atoms with Crippen LogP contribution in [0.15, 0.2) is 12.1 Å². The van der Waals surface area contributed by atoms with Crippen molar-refractivity contribution in [2.75, 3.05) is 7.11 Å². The van der Waals surface area contributed by atoms with E-state index in [-0.39, 0.29) is 28.9 Å². The van der Waals surface area contributed by atoms with E-state index in [1.54, 1.807) is 6.07 Å². The molecular weight excluding hydrogens is 226 g/mol. The zero-order chi connectivity index (χ0) is 13.0. The Balaban J connectivity index is 3.55. The fourth-order valence-corrected chi connectivity index (χ4v) is 1.42. The summed E-state index contributed by atoms with van der Waals surface area (Å²) in [6.45, 7) is -0.204. The first-order valence-electron chi connectivity index (χ1n) is 4.55. The molecule has 0 spiro atoms. The lowest BCUT2D eigenvalue weighted by molar-refractivity contribution is -0.385. The predicted octanol–water partition coefficient (Wildman–Crippen LogP) is 0.712. The summed E-state index contributed by atoms with van der Waals surface area (Å²) in [4.78, 5) is 21.4. The number of nitro groups is 1. The van der Waals surface area contributed by atoms with Crippen LogP contribution in [-0.2, 0) is 11.3 Å². The molecule has 0 radical (unpaired) electrons. The summed E-state index contributed by atoms with van der Waals surface area (Å²) in [5, 5.41) is 19.7. The van der Waals surface area contributed by atoms with Gasteiger partial charge < -0.3 is 10.5 Å². The van der Waals surface area contributed by atoms with Crippen LogP contribution < -0.4 is 5.73 Å². The maximum Gasteiger partial charge on any atom is 0.339 e. The number of carbonyl (C=O) groups excluding carboxylic acids is 1. The summed E-state index contributed by atoms with van der Waals surface area (Å²) >= 11 is 0. The van der Waals surface area contributed by atoms with Crippen molar-refractivity contribution in [1.29, 1.82) is 5.26 Å². The van der Waals surface area contributed by atoms with Crippen LogP contribution in [0, 0.1) is 21.4 Å². The van der Waals surface area contributed by atoms with Crippen molar-refractivity contribution in [3.05, 3.63) is 38.9 Å². The molecule has 0 amide bonds. The summed E-state index contributed by atoms with van der Waals surface area (Å²) in [6.07, 6.45) is 0. The standard InChI is InChI=1S/C10H9N3O4/c1-17-10(14)6-2-3-9(13(15)16)8(5-12)7(6)4-11/h2-3H,5,12H2,1H3. The average molecular weight is 235 g/mol. The zero-order valence-electron chi connectivity index (χ0n) is 8.97. The molecule has 0 saturated carbocycles. The van der Waals surface area contributed by atoms with Gasteiger partial charge >= 0.3 is 5.97 Å². The van der Waals surface area contributed by atoms with Gasteiger partial charge in [0.25, 0.3) is 5.69 Å². The third kappa shape index (κ3) is 2.21. The van der Waals surface area contributed by atoms with Crippen LogP contribution in [0.2, 0.25) is 0 Å². The highest BCUT2D eigenvalue weighted by molar-refractivity contribution is 5.93. The van der Waals surface area contributed by atoms with Crippen molar-refractivity contribution in [3.63, 3.8) is 0 Å². The van der Waals surface area contributed by atoms with E-state index in [4.69, 9.17) is 11.0 Å². The second-order valence-corrected chi connectivity index (χ2v) is 3.05. The summed E-state index contributed by atoms with van der Waals surface area (Å²) in [7, 11) is 1.16. The van der Waals surface area contributed by atoms with Crippen molar-refractivity contribution >= 4 is 11.7 Å². The molecule has 0 aliphatic rings. The summed E-state index contributed by atoms with van der Waals surface area (Å²) in [5.74, 6) is -0.730. The SMILES string of the molecule is COC(=O)c1ccc([N+](=O)[O-])c(CN)c1C#N. The van der Waals surface area contributed by atoms with Crippen molar-refractivity contribution < 1.29 is 14.5 Å². The second-order valence-electron chi connectivity index (χ2n) is 3.05. The first-order chi connectivity index (χ1) is 8.06. The van der Waals surface area contributed by atoms with Crippen LogP contribution in [0.4, 0.5) is 5.69 Å². The Morgan fingerprint density at radius 3 is 2.71 bits per heavy atom. The van der Waals surface area contributed by atoms with Gasteiger partial charge in [-0.15, -0.1) is 0 Å². The van der Waals surface area contributed by atoms with Crippen molar-refractivity contribution in [2.45, 2.75) is 6.54 Å². The van der Waals surface area contributed by atoms with Gasteiger partial charge in [-0.3, -0.25) is 10.1 Å². The number of hydrogen-bond donors (Lipinski definition) is 1. The fourth-order valence-electron chi connectivity index (χ4n) is 1.42. The summed E-state index contributed by atoms with van der Waals surface area (Å²) in [6, 6.07) is 4.06. The normalized spacial score (nSPS) is 9.47. The molecule has 1 rings (SSSR count). The van der Waals surface area contributed by atoms with E-state index in [0.29, 0.717) is 0 Å². The molecule has 0 saturated heterocycles. The molecule has 0 aliphatic heterocycles. The highest BCUT2D eigenvalue weighted by Gasteiger charge is 2.23. The molecule has 7 heteroatoms. The van der Waals surface area contributed by atoms with Gasteiger partial charge in [0, 0.05) is 12.6 Å². The van der Waals surface area contributed by atoms with Crippen LogP contribution in [0.25, 0.3) is 0 Å². The minimum Gasteiger partial charge on any atom is -0.465 e. The zero-order valence-corrected chi connectivity index (χ0v) is 8.97. The third-order valence-corrected chi connectivity index (χ3v) is 2.21. The van der Waals surface area contributed by atoms with E-state index in [1.165, 1.54) is 6.07 Å². The van der Waals surface area contributed by atoms with Gasteiger partial charge in [-0.05, 0) is 6.07 Å². The lowest BCUT2D eigenvalue weighted by atomic mass is 10.00. The molecule has 0 aliphatic carbocycles. The van der Waals surface area contributed by atoms with Gasteiger partial charge in [0.15, 0.2) is 0 Å². The highest BCUT2D eigenvalue weighted by Crippen LogP contribution is 2.25. The maximum atomic E-state index is 11.4. The Labute approximate surface area is 96.6 Å². The van der Waals surface area contributed by atoms with Crippen molar-refractivity contribution in [2.24, 2.45) is 5.73 Å². The average Bonchev–Trinajstić information content (AvgIpc) is 2.35. The molecule has 1 aromatic carbocycles. The molecular formula is C10H9N3O4. The van der Waals surface area contributed by atoms with Crippen LogP contribution in [0.3, 0.4) is 0 Å². The first-order valence-corrected chi connectivity index (χ1v) is 4.55. The van der Waals surface area contributed by atoms with Crippen LogP contribution in [0.1, 0.15) is 21.5 Å². The van der Waals surface area contributed by atoms with E-state index >= 15 is 0 Å². The van der Waals surface area contributed by atoms with E-state index in [9.17, 15) is 14.9 Å². The molecule has 7 nitrogen and oxygen atoms in total. The molecule has 0 fully saturated rings. The Morgan fingerprint density at radius 1 is 1.65 bits per heavy atom. The number of benzene rings is 1. The van der Waals surface area contributed by atoms with E-state index in [0.717, 1.165) is 13.2 Å². The number of nitrogens with two attached hydrogens (primary N) is 1. The van der Waals surface area contributed by atoms with Crippen molar-refractivity contribution in [3.8, 4) is 6.07 Å². The minimum atomic E-state index is -0.730. The van der Waals surface area contributed by atoms with Gasteiger partial charge in [-0.25, -0.2) is 4.79 Å². The van der Waals surface area contributed by atoms with Crippen LogP contribution in [0.5, 0.6) is 0 Å². The minimum absolute atomic E-state index is 0.0268. The van der Waals surface area contributed by atoms with Gasteiger partial charge in [-0.2, -0.15) is 5.26 Å². The Morgan fingerprint density at radius 2 is 2.29 bits per heavy atom. The number of nitro benzene ring substituents is 1. The number of esters is 1. The molecule has 2 N–H and O–H groups in total. The van der Waals surface area contributed by atoms with E-state index < -0.39 is 10.9 Å². The number of rotatable bonds is 3. The number of nitrogens with zero attached hydrogens (tertiary/aromatic N) is 2. The molecule has 0 aromatic heterocycles. The summed E-state index contributed by atoms with van der Waals surface area (Å²) < 4.78 is 4.48. The predicted molar refractivity (Wildman–Crippen MR) is 57.0 cm³/mol. The van der Waals surface area contributed by atoms with Crippen molar-refractivity contribution in [1.82, 2.24) is 0 Å². The Hall–Kier alpha value is -2.46.